The zero-order valence-corrected chi connectivity index (χ0v) is 14.8. The van der Waals surface area contributed by atoms with E-state index in [4.69, 9.17) is 0 Å². The molecule has 0 heterocycles. The summed E-state index contributed by atoms with van der Waals surface area (Å²) in [5.74, 6) is -0.539. The number of hydrogen-bond donors (Lipinski definition) is 0. The van der Waals surface area contributed by atoms with Gasteiger partial charge in [0, 0.05) is 12.0 Å². The molecule has 130 valence electrons. The first-order valence-corrected chi connectivity index (χ1v) is 9.84. The van der Waals surface area contributed by atoms with Crippen LogP contribution in [0.3, 0.4) is 0 Å². The van der Waals surface area contributed by atoms with Crippen molar-refractivity contribution in [1.29, 1.82) is 0 Å². The molecule has 5 rings (SSSR count). The summed E-state index contributed by atoms with van der Waals surface area (Å²) in [5, 5.41) is 0. The molecule has 0 amide bonds. The highest BCUT2D eigenvalue weighted by atomic mass is 32.2. The predicted octanol–water partition coefficient (Wildman–Crippen LogP) is 4.10. The van der Waals surface area contributed by atoms with Gasteiger partial charge in [-0.3, -0.25) is 4.79 Å². The molecule has 0 spiro atoms. The van der Waals surface area contributed by atoms with Crippen LogP contribution in [-0.2, 0) is 9.84 Å². The van der Waals surface area contributed by atoms with E-state index in [-0.39, 0.29) is 11.2 Å². The zero-order valence-electron chi connectivity index (χ0n) is 14.0. The lowest BCUT2D eigenvalue weighted by Gasteiger charge is -2.69. The minimum absolute atomic E-state index is 0.111. The molecule has 25 heavy (non-hydrogen) atoms. The van der Waals surface area contributed by atoms with Crippen molar-refractivity contribution in [2.45, 2.75) is 42.2 Å². The van der Waals surface area contributed by atoms with Crippen LogP contribution in [0.5, 0.6) is 0 Å². The van der Waals surface area contributed by atoms with Gasteiger partial charge in [0.2, 0.25) is 0 Å². The highest BCUT2D eigenvalue weighted by molar-refractivity contribution is 7.93. The van der Waals surface area contributed by atoms with Gasteiger partial charge in [-0.25, -0.2) is 12.8 Å². The van der Waals surface area contributed by atoms with Crippen LogP contribution in [0.1, 0.15) is 41.6 Å². The second-order valence-electron chi connectivity index (χ2n) is 7.64. The second kappa shape index (κ2) is 5.24. The number of sulfone groups is 1. The standard InChI is InChI=1S/C20H19FO3S/c1-14-5-7-17(8-6-14)25(23,24)20-11-19(12-20,13-20)10-18(22)15-3-2-4-16(21)9-15/h2-9H,10-13H2,1H3. The highest BCUT2D eigenvalue weighted by Gasteiger charge is 2.74. The maximum atomic E-state index is 13.3. The lowest BCUT2D eigenvalue weighted by molar-refractivity contribution is -0.0791. The summed E-state index contributed by atoms with van der Waals surface area (Å²) >= 11 is 0. The number of aryl methyl sites for hydroxylation is 1. The van der Waals surface area contributed by atoms with Gasteiger partial charge in [0.15, 0.2) is 15.6 Å². The summed E-state index contributed by atoms with van der Waals surface area (Å²) in [5.41, 5.74) is 1.16. The van der Waals surface area contributed by atoms with Gasteiger partial charge < -0.3 is 0 Å². The number of carbonyl (C=O) groups excluding carboxylic acids is 1. The number of ketones is 1. The lowest BCUT2D eigenvalue weighted by atomic mass is 9.42. The van der Waals surface area contributed by atoms with Gasteiger partial charge in [0.25, 0.3) is 0 Å². The average molecular weight is 358 g/mol. The maximum Gasteiger partial charge on any atom is 0.184 e. The van der Waals surface area contributed by atoms with Crippen molar-refractivity contribution in [1.82, 2.24) is 0 Å². The van der Waals surface area contributed by atoms with Gasteiger partial charge >= 0.3 is 0 Å². The summed E-state index contributed by atoms with van der Waals surface area (Å²) in [4.78, 5) is 12.7. The minimum atomic E-state index is -3.37. The van der Waals surface area contributed by atoms with Crippen molar-refractivity contribution in [2.24, 2.45) is 5.41 Å². The summed E-state index contributed by atoms with van der Waals surface area (Å²) in [6.45, 7) is 1.92. The highest BCUT2D eigenvalue weighted by Crippen LogP contribution is 2.73. The van der Waals surface area contributed by atoms with Crippen LogP contribution < -0.4 is 0 Å². The molecule has 3 nitrogen and oxygen atoms in total. The number of carbonyl (C=O) groups is 1. The average Bonchev–Trinajstić information content (AvgIpc) is 2.49. The molecule has 0 N–H and O–H groups in total. The first-order chi connectivity index (χ1) is 11.8. The van der Waals surface area contributed by atoms with Gasteiger partial charge in [0.05, 0.1) is 9.64 Å². The van der Waals surface area contributed by atoms with Gasteiger partial charge in [-0.1, -0.05) is 29.8 Å². The second-order valence-corrected chi connectivity index (χ2v) is 9.98. The molecular weight excluding hydrogens is 339 g/mol. The van der Waals surface area contributed by atoms with Crippen molar-refractivity contribution in [3.05, 3.63) is 65.5 Å². The fourth-order valence-electron chi connectivity index (χ4n) is 4.44. The number of benzene rings is 2. The molecule has 0 atom stereocenters. The monoisotopic (exact) mass is 358 g/mol. The van der Waals surface area contributed by atoms with Crippen LogP contribution in [0.25, 0.3) is 0 Å². The molecule has 3 aliphatic carbocycles. The molecule has 5 heteroatoms. The largest absolute Gasteiger partial charge is 0.294 e. The van der Waals surface area contributed by atoms with Crippen molar-refractivity contribution in [3.8, 4) is 0 Å². The Hall–Kier alpha value is -2.01. The van der Waals surface area contributed by atoms with Crippen LogP contribution in [-0.4, -0.2) is 18.9 Å². The number of Topliss-reactive ketones (excluding diaryl/α,β-unsaturated/α-hetero) is 1. The third kappa shape index (κ3) is 2.44. The van der Waals surface area contributed by atoms with E-state index in [1.54, 1.807) is 18.2 Å². The topological polar surface area (TPSA) is 51.2 Å². The summed E-state index contributed by atoms with van der Waals surface area (Å²) < 4.78 is 38.4. The maximum absolute atomic E-state index is 13.3. The zero-order chi connectivity index (χ0) is 17.9. The molecule has 0 radical (unpaired) electrons. The lowest BCUT2D eigenvalue weighted by Crippen LogP contribution is -2.70. The molecular formula is C20H19FO3S. The van der Waals surface area contributed by atoms with Crippen molar-refractivity contribution in [3.63, 3.8) is 0 Å². The Morgan fingerprint density at radius 2 is 1.72 bits per heavy atom. The predicted molar refractivity (Wildman–Crippen MR) is 92.7 cm³/mol. The van der Waals surface area contributed by atoms with E-state index in [1.807, 2.05) is 19.1 Å². The van der Waals surface area contributed by atoms with Crippen LogP contribution >= 0.6 is 0 Å². The Bertz CT molecular complexity index is 941. The molecule has 0 aliphatic heterocycles. The SMILES string of the molecule is Cc1ccc(S(=O)(=O)C23CC(CC(=O)c4cccc(F)c4)(C2)C3)cc1. The smallest absolute Gasteiger partial charge is 0.184 e. The first-order valence-electron chi connectivity index (χ1n) is 8.36. The van der Waals surface area contributed by atoms with E-state index in [2.05, 4.69) is 0 Å². The minimum Gasteiger partial charge on any atom is -0.294 e. The van der Waals surface area contributed by atoms with Gasteiger partial charge in [0.1, 0.15) is 5.82 Å². The van der Waals surface area contributed by atoms with Gasteiger partial charge in [-0.2, -0.15) is 0 Å². The van der Waals surface area contributed by atoms with Crippen LogP contribution in [0.15, 0.2) is 53.4 Å². The normalized spacial score (nSPS) is 27.3. The molecule has 3 aliphatic rings. The Balaban J connectivity index is 1.47. The van der Waals surface area contributed by atoms with E-state index in [0.717, 1.165) is 5.56 Å². The Kier molecular flexibility index (Phi) is 3.45. The van der Waals surface area contributed by atoms with E-state index >= 15 is 0 Å². The molecule has 0 aromatic heterocycles. The molecule has 2 bridgehead atoms. The third-order valence-corrected chi connectivity index (χ3v) is 8.14. The molecule has 0 unspecified atom stereocenters. The molecule has 2 aromatic rings. The van der Waals surface area contributed by atoms with Crippen LogP contribution in [0, 0.1) is 18.2 Å². The molecule has 2 aromatic carbocycles. The Morgan fingerprint density at radius 3 is 2.32 bits per heavy atom. The number of halogens is 1. The fourth-order valence-corrected chi connectivity index (χ4v) is 6.92. The van der Waals surface area contributed by atoms with Crippen molar-refractivity contribution < 1.29 is 17.6 Å². The van der Waals surface area contributed by atoms with E-state index in [0.29, 0.717) is 36.1 Å². The van der Waals surface area contributed by atoms with E-state index in [9.17, 15) is 17.6 Å². The molecule has 3 saturated carbocycles. The number of rotatable bonds is 5. The van der Waals surface area contributed by atoms with Crippen LogP contribution in [0.4, 0.5) is 4.39 Å². The van der Waals surface area contributed by atoms with Crippen molar-refractivity contribution in [2.75, 3.05) is 0 Å². The first kappa shape index (κ1) is 16.5. The summed E-state index contributed by atoms with van der Waals surface area (Å²) in [7, 11) is -3.37. The third-order valence-electron chi connectivity index (χ3n) is 5.68. The van der Waals surface area contributed by atoms with E-state index < -0.39 is 20.4 Å². The van der Waals surface area contributed by atoms with Gasteiger partial charge in [-0.15, -0.1) is 0 Å². The Morgan fingerprint density at radius 1 is 1.08 bits per heavy atom. The van der Waals surface area contributed by atoms with Crippen LogP contribution in [0.2, 0.25) is 0 Å². The molecule has 0 saturated heterocycles. The Labute approximate surface area is 146 Å². The fraction of sp³-hybridized carbons (Fsp3) is 0.350. The molecule has 3 fully saturated rings. The summed E-state index contributed by atoms with van der Waals surface area (Å²) in [6.07, 6.45) is 1.87. The van der Waals surface area contributed by atoms with Gasteiger partial charge in [-0.05, 0) is 55.9 Å². The summed E-state index contributed by atoms with van der Waals surface area (Å²) in [6, 6.07) is 12.6. The van der Waals surface area contributed by atoms with Crippen molar-refractivity contribution >= 4 is 15.6 Å². The van der Waals surface area contributed by atoms with E-state index in [1.165, 1.54) is 18.2 Å². The quantitative estimate of drug-likeness (QED) is 0.756. The number of hydrogen-bond acceptors (Lipinski definition) is 3.